The molecule has 0 unspecified atom stereocenters. The third-order valence-electron chi connectivity index (χ3n) is 3.27. The Morgan fingerprint density at radius 3 is 2.87 bits per heavy atom. The van der Waals surface area contributed by atoms with Gasteiger partial charge in [-0.3, -0.25) is 0 Å². The van der Waals surface area contributed by atoms with Gasteiger partial charge in [0.15, 0.2) is 0 Å². The molecular weight excluding hydrogens is 204 g/mol. The number of aromatic nitrogens is 1. The van der Waals surface area contributed by atoms with Gasteiger partial charge in [0.1, 0.15) is 0 Å². The molecule has 1 saturated carbocycles. The molecule has 15 heavy (non-hydrogen) atoms. The summed E-state index contributed by atoms with van der Waals surface area (Å²) < 4.78 is 0. The first-order valence-corrected chi connectivity index (χ1v) is 6.84. The van der Waals surface area contributed by atoms with Crippen LogP contribution in [0, 0.1) is 5.92 Å². The Morgan fingerprint density at radius 2 is 2.20 bits per heavy atom. The molecule has 1 aliphatic carbocycles. The molecule has 1 heterocycles. The van der Waals surface area contributed by atoms with Crippen molar-refractivity contribution in [2.75, 3.05) is 6.54 Å². The fraction of sp³-hybridized carbons (Fsp3) is 0.750. The van der Waals surface area contributed by atoms with E-state index in [1.54, 1.807) is 11.3 Å². The molecule has 1 aliphatic rings. The van der Waals surface area contributed by atoms with E-state index >= 15 is 0 Å². The zero-order chi connectivity index (χ0) is 10.5. The average Bonchev–Trinajstić information content (AvgIpc) is 2.74. The van der Waals surface area contributed by atoms with Gasteiger partial charge in [0.25, 0.3) is 0 Å². The molecule has 0 spiro atoms. The van der Waals surface area contributed by atoms with Crippen molar-refractivity contribution in [2.24, 2.45) is 5.92 Å². The van der Waals surface area contributed by atoms with Crippen LogP contribution >= 0.6 is 11.3 Å². The number of thiazole rings is 1. The third-order valence-corrected chi connectivity index (χ3v) is 4.11. The number of nitrogens with one attached hydrogen (secondary N) is 1. The van der Waals surface area contributed by atoms with Gasteiger partial charge in [0, 0.05) is 30.6 Å². The van der Waals surface area contributed by atoms with E-state index in [1.165, 1.54) is 30.7 Å². The summed E-state index contributed by atoms with van der Waals surface area (Å²) in [5.41, 5.74) is 0. The van der Waals surface area contributed by atoms with Crippen molar-refractivity contribution in [1.82, 2.24) is 10.3 Å². The summed E-state index contributed by atoms with van der Waals surface area (Å²) in [7, 11) is 0. The highest BCUT2D eigenvalue weighted by Gasteiger charge is 2.17. The van der Waals surface area contributed by atoms with Crippen LogP contribution < -0.4 is 5.32 Å². The van der Waals surface area contributed by atoms with Gasteiger partial charge in [-0.25, -0.2) is 4.98 Å². The molecule has 0 atom stereocenters. The van der Waals surface area contributed by atoms with Crippen molar-refractivity contribution >= 4 is 11.3 Å². The van der Waals surface area contributed by atoms with E-state index in [0.717, 1.165) is 24.9 Å². The van der Waals surface area contributed by atoms with E-state index < -0.39 is 0 Å². The normalized spacial score (nSPS) is 26.7. The second kappa shape index (κ2) is 5.61. The monoisotopic (exact) mass is 224 g/mol. The van der Waals surface area contributed by atoms with Crippen LogP contribution in [0.5, 0.6) is 0 Å². The maximum atomic E-state index is 4.29. The van der Waals surface area contributed by atoms with Crippen LogP contribution in [-0.4, -0.2) is 17.6 Å². The highest BCUT2D eigenvalue weighted by Crippen LogP contribution is 2.23. The lowest BCUT2D eigenvalue weighted by molar-refractivity contribution is 0.309. The topological polar surface area (TPSA) is 24.9 Å². The van der Waals surface area contributed by atoms with Gasteiger partial charge < -0.3 is 5.32 Å². The number of hydrogen-bond acceptors (Lipinski definition) is 3. The standard InChI is InChI=1S/C12H20N2S/c1-10-2-4-11(5-3-10)13-7-6-12-14-8-9-15-12/h8-11,13H,2-7H2,1H3. The van der Waals surface area contributed by atoms with Crippen LogP contribution in [0.25, 0.3) is 0 Å². The molecule has 0 bridgehead atoms. The lowest BCUT2D eigenvalue weighted by Gasteiger charge is -2.26. The largest absolute Gasteiger partial charge is 0.314 e. The van der Waals surface area contributed by atoms with Crippen molar-refractivity contribution in [1.29, 1.82) is 0 Å². The van der Waals surface area contributed by atoms with Gasteiger partial charge >= 0.3 is 0 Å². The van der Waals surface area contributed by atoms with E-state index in [0.29, 0.717) is 0 Å². The number of nitrogens with zero attached hydrogens (tertiary/aromatic N) is 1. The average molecular weight is 224 g/mol. The van der Waals surface area contributed by atoms with Crippen molar-refractivity contribution in [3.63, 3.8) is 0 Å². The molecule has 1 N–H and O–H groups in total. The number of rotatable bonds is 4. The van der Waals surface area contributed by atoms with Crippen LogP contribution in [0.1, 0.15) is 37.6 Å². The third kappa shape index (κ3) is 3.58. The summed E-state index contributed by atoms with van der Waals surface area (Å²) in [6.45, 7) is 3.46. The summed E-state index contributed by atoms with van der Waals surface area (Å²) in [6.07, 6.45) is 8.49. The Kier molecular flexibility index (Phi) is 4.15. The van der Waals surface area contributed by atoms with Crippen LogP contribution in [0.3, 0.4) is 0 Å². The highest BCUT2D eigenvalue weighted by atomic mass is 32.1. The molecule has 2 rings (SSSR count). The first-order valence-electron chi connectivity index (χ1n) is 5.96. The minimum absolute atomic E-state index is 0.765. The van der Waals surface area contributed by atoms with Gasteiger partial charge in [0.05, 0.1) is 5.01 Å². The maximum absolute atomic E-state index is 4.29. The molecule has 0 aliphatic heterocycles. The zero-order valence-corrected chi connectivity index (χ0v) is 10.2. The van der Waals surface area contributed by atoms with Gasteiger partial charge in [-0.2, -0.15) is 0 Å². The molecule has 1 fully saturated rings. The van der Waals surface area contributed by atoms with Crippen molar-refractivity contribution in [2.45, 2.75) is 45.1 Å². The van der Waals surface area contributed by atoms with E-state index in [4.69, 9.17) is 0 Å². The van der Waals surface area contributed by atoms with Gasteiger partial charge in [-0.1, -0.05) is 6.92 Å². The molecule has 3 heteroatoms. The van der Waals surface area contributed by atoms with E-state index in [1.807, 2.05) is 6.20 Å². The molecule has 84 valence electrons. The Hall–Kier alpha value is -0.410. The van der Waals surface area contributed by atoms with Crippen molar-refractivity contribution in [3.05, 3.63) is 16.6 Å². The molecule has 0 saturated heterocycles. The summed E-state index contributed by atoms with van der Waals surface area (Å²) in [5, 5.41) is 6.96. The Bertz CT molecular complexity index is 263. The maximum Gasteiger partial charge on any atom is 0.0937 e. The van der Waals surface area contributed by atoms with Crippen LogP contribution in [0.4, 0.5) is 0 Å². The summed E-state index contributed by atoms with van der Waals surface area (Å²) >= 11 is 1.76. The predicted molar refractivity (Wildman–Crippen MR) is 65.2 cm³/mol. The SMILES string of the molecule is CC1CCC(NCCc2nccs2)CC1. The van der Waals surface area contributed by atoms with Crippen LogP contribution in [0.15, 0.2) is 11.6 Å². The summed E-state index contributed by atoms with van der Waals surface area (Å²) in [4.78, 5) is 4.29. The van der Waals surface area contributed by atoms with E-state index in [2.05, 4.69) is 22.6 Å². The lowest BCUT2D eigenvalue weighted by Crippen LogP contribution is -2.34. The minimum atomic E-state index is 0.765. The molecule has 0 aromatic carbocycles. The zero-order valence-electron chi connectivity index (χ0n) is 9.41. The van der Waals surface area contributed by atoms with Crippen molar-refractivity contribution < 1.29 is 0 Å². The molecule has 0 amide bonds. The molecule has 1 aromatic rings. The van der Waals surface area contributed by atoms with Crippen molar-refractivity contribution in [3.8, 4) is 0 Å². The Labute approximate surface area is 96.1 Å². The summed E-state index contributed by atoms with van der Waals surface area (Å²) in [6, 6.07) is 0.765. The van der Waals surface area contributed by atoms with Gasteiger partial charge in [-0.15, -0.1) is 11.3 Å². The molecule has 2 nitrogen and oxygen atoms in total. The Balaban J connectivity index is 1.62. The van der Waals surface area contributed by atoms with Gasteiger partial charge in [-0.05, 0) is 31.6 Å². The minimum Gasteiger partial charge on any atom is -0.314 e. The molecule has 1 aromatic heterocycles. The smallest absolute Gasteiger partial charge is 0.0937 e. The van der Waals surface area contributed by atoms with E-state index in [-0.39, 0.29) is 0 Å². The lowest BCUT2D eigenvalue weighted by atomic mass is 9.87. The highest BCUT2D eigenvalue weighted by molar-refractivity contribution is 7.09. The van der Waals surface area contributed by atoms with Crippen LogP contribution in [0.2, 0.25) is 0 Å². The van der Waals surface area contributed by atoms with Crippen LogP contribution in [-0.2, 0) is 6.42 Å². The Morgan fingerprint density at radius 1 is 1.40 bits per heavy atom. The molecule has 0 radical (unpaired) electrons. The quantitative estimate of drug-likeness (QED) is 0.850. The summed E-state index contributed by atoms with van der Waals surface area (Å²) in [5.74, 6) is 0.946. The molecular formula is C12H20N2S. The fourth-order valence-electron chi connectivity index (χ4n) is 2.22. The fourth-order valence-corrected chi connectivity index (χ4v) is 2.84. The first kappa shape index (κ1) is 11.1. The second-order valence-corrected chi connectivity index (χ2v) is 5.57. The number of hydrogen-bond donors (Lipinski definition) is 1. The predicted octanol–water partition coefficient (Wildman–Crippen LogP) is 2.85. The van der Waals surface area contributed by atoms with Gasteiger partial charge in [0.2, 0.25) is 0 Å². The van der Waals surface area contributed by atoms with E-state index in [9.17, 15) is 0 Å². The second-order valence-electron chi connectivity index (χ2n) is 4.59. The first-order chi connectivity index (χ1) is 7.34.